The lowest BCUT2D eigenvalue weighted by atomic mass is 9.75. The number of nitrogens with one attached hydrogen (secondary N) is 2. The van der Waals surface area contributed by atoms with Crippen LogP contribution >= 0.6 is 12.2 Å². The highest BCUT2D eigenvalue weighted by Gasteiger charge is 2.38. The van der Waals surface area contributed by atoms with Gasteiger partial charge in [-0.3, -0.25) is 0 Å². The number of thiocarbonyl (C=S) groups is 1. The van der Waals surface area contributed by atoms with Crippen LogP contribution in [0.1, 0.15) is 39.0 Å². The molecule has 0 bridgehead atoms. The van der Waals surface area contributed by atoms with Crippen LogP contribution in [-0.4, -0.2) is 23.6 Å². The zero-order valence-corrected chi connectivity index (χ0v) is 10.8. The van der Waals surface area contributed by atoms with Crippen molar-refractivity contribution in [2.24, 2.45) is 11.7 Å². The van der Waals surface area contributed by atoms with E-state index in [9.17, 15) is 4.79 Å². The molecule has 0 saturated heterocycles. The first kappa shape index (κ1) is 13.2. The molecule has 0 heterocycles. The van der Waals surface area contributed by atoms with Gasteiger partial charge in [-0.25, -0.2) is 4.79 Å². The summed E-state index contributed by atoms with van der Waals surface area (Å²) in [6.45, 7) is 2.20. The highest BCUT2D eigenvalue weighted by Crippen LogP contribution is 2.33. The minimum Gasteiger partial charge on any atom is -0.391 e. The summed E-state index contributed by atoms with van der Waals surface area (Å²) in [7, 11) is 1.60. The predicted octanol–water partition coefficient (Wildman–Crippen LogP) is 1.54. The third-order valence-corrected chi connectivity index (χ3v) is 3.98. The lowest BCUT2D eigenvalue weighted by molar-refractivity contribution is 0.214. The van der Waals surface area contributed by atoms with Gasteiger partial charge in [0.25, 0.3) is 0 Å². The summed E-state index contributed by atoms with van der Waals surface area (Å²) in [5.74, 6) is 0.744. The van der Waals surface area contributed by atoms with Gasteiger partial charge >= 0.3 is 6.03 Å². The van der Waals surface area contributed by atoms with Crippen molar-refractivity contribution < 1.29 is 4.79 Å². The smallest absolute Gasteiger partial charge is 0.315 e. The summed E-state index contributed by atoms with van der Waals surface area (Å²) in [6.07, 6.45) is 5.06. The van der Waals surface area contributed by atoms with E-state index in [-0.39, 0.29) is 6.03 Å². The topological polar surface area (TPSA) is 67.2 Å². The Bertz CT molecular complexity index is 272. The highest BCUT2D eigenvalue weighted by atomic mass is 32.1. The second kappa shape index (κ2) is 5.48. The first-order valence-corrected chi connectivity index (χ1v) is 6.24. The standard InChI is InChI=1S/C11H21N3OS/c1-3-8-4-6-11(7-5-8,9(12)16)14-10(15)13-2/h8H,3-7H2,1-2H3,(H2,12,16)(H2,13,14,15). The molecule has 2 amide bonds. The third-order valence-electron chi connectivity index (χ3n) is 3.59. The average Bonchev–Trinajstić information content (AvgIpc) is 2.29. The molecular formula is C11H21N3OS. The number of hydrogen-bond donors (Lipinski definition) is 3. The van der Waals surface area contributed by atoms with Crippen LogP contribution < -0.4 is 16.4 Å². The molecule has 0 radical (unpaired) electrons. The number of urea groups is 1. The Balaban J connectivity index is 2.68. The maximum Gasteiger partial charge on any atom is 0.315 e. The second-order valence-corrected chi connectivity index (χ2v) is 4.94. The molecule has 1 saturated carbocycles. The van der Waals surface area contributed by atoms with Crippen molar-refractivity contribution in [1.82, 2.24) is 10.6 Å². The maximum atomic E-state index is 11.4. The van der Waals surface area contributed by atoms with Crippen molar-refractivity contribution in [2.45, 2.75) is 44.6 Å². The van der Waals surface area contributed by atoms with Gasteiger partial charge in [0.1, 0.15) is 0 Å². The number of carbonyl (C=O) groups excluding carboxylic acids is 1. The molecule has 0 spiro atoms. The minimum atomic E-state index is -0.471. The summed E-state index contributed by atoms with van der Waals surface area (Å²) in [4.78, 5) is 11.8. The van der Waals surface area contributed by atoms with Gasteiger partial charge in [0.15, 0.2) is 0 Å². The van der Waals surface area contributed by atoms with Gasteiger partial charge in [-0.05, 0) is 31.6 Å². The lowest BCUT2D eigenvalue weighted by Gasteiger charge is -2.39. The van der Waals surface area contributed by atoms with Crippen LogP contribution in [0.4, 0.5) is 4.79 Å². The van der Waals surface area contributed by atoms with E-state index in [2.05, 4.69) is 17.6 Å². The van der Waals surface area contributed by atoms with Crippen molar-refractivity contribution in [3.63, 3.8) is 0 Å². The van der Waals surface area contributed by atoms with Gasteiger partial charge in [0.05, 0.1) is 10.5 Å². The number of nitrogens with two attached hydrogens (primary N) is 1. The van der Waals surface area contributed by atoms with E-state index in [1.165, 1.54) is 6.42 Å². The van der Waals surface area contributed by atoms with Crippen LogP contribution in [0.2, 0.25) is 0 Å². The molecule has 0 atom stereocenters. The predicted molar refractivity (Wildman–Crippen MR) is 69.4 cm³/mol. The van der Waals surface area contributed by atoms with E-state index >= 15 is 0 Å². The summed E-state index contributed by atoms with van der Waals surface area (Å²) in [6, 6.07) is -0.206. The Kier molecular flexibility index (Phi) is 4.53. The molecule has 1 aliphatic rings. The first-order valence-electron chi connectivity index (χ1n) is 5.84. The summed E-state index contributed by atoms with van der Waals surface area (Å²) >= 11 is 5.10. The molecule has 0 aromatic heterocycles. The zero-order chi connectivity index (χ0) is 12.2. The Morgan fingerprint density at radius 2 is 2.06 bits per heavy atom. The Labute approximate surface area is 102 Å². The molecule has 4 nitrogen and oxygen atoms in total. The monoisotopic (exact) mass is 243 g/mol. The van der Waals surface area contributed by atoms with Crippen molar-refractivity contribution >= 4 is 23.2 Å². The zero-order valence-electron chi connectivity index (χ0n) is 10.0. The fourth-order valence-corrected chi connectivity index (χ4v) is 2.55. The third kappa shape index (κ3) is 2.84. The van der Waals surface area contributed by atoms with E-state index in [0.717, 1.165) is 31.6 Å². The fourth-order valence-electron chi connectivity index (χ4n) is 2.29. The quantitative estimate of drug-likeness (QED) is 0.659. The molecule has 0 aromatic rings. The number of carbonyl (C=O) groups is 1. The minimum absolute atomic E-state index is 0.206. The second-order valence-electron chi connectivity index (χ2n) is 4.50. The van der Waals surface area contributed by atoms with Gasteiger partial charge in [-0.1, -0.05) is 25.6 Å². The Morgan fingerprint density at radius 1 is 1.50 bits per heavy atom. The van der Waals surface area contributed by atoms with Crippen LogP contribution in [0, 0.1) is 5.92 Å². The van der Waals surface area contributed by atoms with Gasteiger partial charge < -0.3 is 16.4 Å². The van der Waals surface area contributed by atoms with Gasteiger partial charge in [0, 0.05) is 7.05 Å². The van der Waals surface area contributed by atoms with Gasteiger partial charge in [0.2, 0.25) is 0 Å². The molecule has 0 aromatic carbocycles. The van der Waals surface area contributed by atoms with E-state index in [4.69, 9.17) is 18.0 Å². The van der Waals surface area contributed by atoms with Crippen molar-refractivity contribution in [2.75, 3.05) is 7.05 Å². The lowest BCUT2D eigenvalue weighted by Crippen LogP contribution is -2.60. The largest absolute Gasteiger partial charge is 0.391 e. The van der Waals surface area contributed by atoms with Crippen molar-refractivity contribution in [3.8, 4) is 0 Å². The van der Waals surface area contributed by atoms with Crippen LogP contribution in [0.15, 0.2) is 0 Å². The molecular weight excluding hydrogens is 222 g/mol. The Hall–Kier alpha value is -0.840. The fraction of sp³-hybridized carbons (Fsp3) is 0.818. The number of amides is 2. The summed E-state index contributed by atoms with van der Waals surface area (Å²) in [5, 5.41) is 5.46. The average molecular weight is 243 g/mol. The number of hydrogen-bond acceptors (Lipinski definition) is 2. The summed E-state index contributed by atoms with van der Waals surface area (Å²) < 4.78 is 0. The molecule has 1 rings (SSSR count). The normalized spacial score (nSPS) is 29.5. The molecule has 1 aliphatic carbocycles. The van der Waals surface area contributed by atoms with Gasteiger partial charge in [-0.15, -0.1) is 0 Å². The van der Waals surface area contributed by atoms with E-state index < -0.39 is 5.54 Å². The Morgan fingerprint density at radius 3 is 2.44 bits per heavy atom. The van der Waals surface area contributed by atoms with Crippen molar-refractivity contribution in [1.29, 1.82) is 0 Å². The van der Waals surface area contributed by atoms with Crippen LogP contribution in [0.3, 0.4) is 0 Å². The van der Waals surface area contributed by atoms with Crippen molar-refractivity contribution in [3.05, 3.63) is 0 Å². The highest BCUT2D eigenvalue weighted by molar-refractivity contribution is 7.80. The van der Waals surface area contributed by atoms with Crippen LogP contribution in [-0.2, 0) is 0 Å². The molecule has 4 N–H and O–H groups in total. The first-order chi connectivity index (χ1) is 7.54. The molecule has 0 aliphatic heterocycles. The van der Waals surface area contributed by atoms with E-state index in [0.29, 0.717) is 4.99 Å². The molecule has 0 unspecified atom stereocenters. The van der Waals surface area contributed by atoms with Crippen LogP contribution in [0.25, 0.3) is 0 Å². The molecule has 1 fully saturated rings. The molecule has 16 heavy (non-hydrogen) atoms. The summed E-state index contributed by atoms with van der Waals surface area (Å²) in [5.41, 5.74) is 5.31. The number of rotatable bonds is 3. The molecule has 92 valence electrons. The van der Waals surface area contributed by atoms with Crippen LogP contribution in [0.5, 0.6) is 0 Å². The molecule has 5 heteroatoms. The van der Waals surface area contributed by atoms with E-state index in [1.807, 2.05) is 0 Å². The maximum absolute atomic E-state index is 11.4. The van der Waals surface area contributed by atoms with Gasteiger partial charge in [-0.2, -0.15) is 0 Å². The van der Waals surface area contributed by atoms with E-state index in [1.54, 1.807) is 7.05 Å². The SMILES string of the molecule is CCC1CCC(NC(=O)NC)(C(N)=S)CC1.